The zero-order valence-electron chi connectivity index (χ0n) is 16.4. The van der Waals surface area contributed by atoms with Gasteiger partial charge in [-0.25, -0.2) is 4.79 Å². The Morgan fingerprint density at radius 3 is 2.79 bits per heavy atom. The Morgan fingerprint density at radius 2 is 2.11 bits per heavy atom. The molecule has 0 spiro atoms. The van der Waals surface area contributed by atoms with Crippen molar-refractivity contribution < 1.29 is 19.1 Å². The summed E-state index contributed by atoms with van der Waals surface area (Å²) in [4.78, 5) is 23.8. The Hall–Kier alpha value is -2.80. The maximum atomic E-state index is 11.9. The van der Waals surface area contributed by atoms with E-state index in [0.717, 1.165) is 0 Å². The summed E-state index contributed by atoms with van der Waals surface area (Å²) in [5.41, 5.74) is 1.92. The van der Waals surface area contributed by atoms with Crippen LogP contribution in [0.15, 0.2) is 30.3 Å². The first-order valence-electron chi connectivity index (χ1n) is 8.81. The molecule has 0 saturated carbocycles. The first-order chi connectivity index (χ1) is 13.3. The Morgan fingerprint density at radius 1 is 1.36 bits per heavy atom. The number of nitrogens with zero attached hydrogens (tertiary/aromatic N) is 2. The van der Waals surface area contributed by atoms with Crippen LogP contribution in [-0.2, 0) is 20.9 Å². The number of aromatic nitrogens is 2. The van der Waals surface area contributed by atoms with Crippen LogP contribution in [0.1, 0.15) is 25.1 Å². The number of esters is 1. The van der Waals surface area contributed by atoms with E-state index in [2.05, 4.69) is 24.3 Å². The van der Waals surface area contributed by atoms with Crippen LogP contribution in [0.25, 0.3) is 6.08 Å². The summed E-state index contributed by atoms with van der Waals surface area (Å²) < 4.78 is 11.8. The van der Waals surface area contributed by atoms with Crippen molar-refractivity contribution in [3.05, 3.63) is 46.8 Å². The molecule has 0 aliphatic heterocycles. The monoisotopic (exact) mass is 405 g/mol. The third-order valence-electron chi connectivity index (χ3n) is 3.73. The second kappa shape index (κ2) is 9.94. The van der Waals surface area contributed by atoms with Crippen molar-refractivity contribution in [2.24, 2.45) is 5.92 Å². The van der Waals surface area contributed by atoms with Gasteiger partial charge in [0, 0.05) is 29.9 Å². The minimum atomic E-state index is -0.645. The molecule has 0 aliphatic carbocycles. The van der Waals surface area contributed by atoms with Crippen molar-refractivity contribution >= 4 is 35.2 Å². The highest BCUT2D eigenvalue weighted by molar-refractivity contribution is 6.31. The summed E-state index contributed by atoms with van der Waals surface area (Å²) in [5.74, 6) is -0.0912. The van der Waals surface area contributed by atoms with E-state index in [4.69, 9.17) is 21.1 Å². The molecule has 28 heavy (non-hydrogen) atoms. The standard InChI is InChI=1S/C20H24ClN3O4/c1-13(2)11-24-20(21)17(14(3)23-24)8-9-19(26)28-12-18(25)22-15-6-5-7-16(10-15)27-4/h5-10,13H,11-12H2,1-4H3,(H,22,25)/b9-8+. The third-order valence-corrected chi connectivity index (χ3v) is 4.13. The summed E-state index contributed by atoms with van der Waals surface area (Å²) in [6, 6.07) is 6.88. The van der Waals surface area contributed by atoms with Crippen LogP contribution in [0.2, 0.25) is 5.15 Å². The van der Waals surface area contributed by atoms with E-state index < -0.39 is 18.5 Å². The zero-order chi connectivity index (χ0) is 20.7. The van der Waals surface area contributed by atoms with Gasteiger partial charge in [0.2, 0.25) is 0 Å². The number of halogens is 1. The van der Waals surface area contributed by atoms with E-state index in [-0.39, 0.29) is 0 Å². The molecule has 0 radical (unpaired) electrons. The topological polar surface area (TPSA) is 82.4 Å². The number of rotatable bonds is 8. The van der Waals surface area contributed by atoms with Gasteiger partial charge < -0.3 is 14.8 Å². The molecule has 1 N–H and O–H groups in total. The van der Waals surface area contributed by atoms with Gasteiger partial charge in [-0.15, -0.1) is 0 Å². The molecule has 0 aliphatic rings. The Labute approximate surface area is 169 Å². The van der Waals surface area contributed by atoms with Crippen LogP contribution in [0, 0.1) is 12.8 Å². The summed E-state index contributed by atoms with van der Waals surface area (Å²) in [6.45, 7) is 6.23. The zero-order valence-corrected chi connectivity index (χ0v) is 17.1. The number of hydrogen-bond donors (Lipinski definition) is 1. The highest BCUT2D eigenvalue weighted by Gasteiger charge is 2.13. The summed E-state index contributed by atoms with van der Waals surface area (Å²) >= 11 is 6.32. The van der Waals surface area contributed by atoms with Gasteiger partial charge in [-0.05, 0) is 31.1 Å². The van der Waals surface area contributed by atoms with Crippen LogP contribution in [0.5, 0.6) is 5.75 Å². The van der Waals surface area contributed by atoms with Gasteiger partial charge in [0.05, 0.1) is 12.8 Å². The van der Waals surface area contributed by atoms with E-state index >= 15 is 0 Å². The summed E-state index contributed by atoms with van der Waals surface area (Å²) in [5, 5.41) is 7.47. The predicted molar refractivity (Wildman–Crippen MR) is 108 cm³/mol. The van der Waals surface area contributed by atoms with Gasteiger partial charge in [-0.1, -0.05) is 31.5 Å². The minimum absolute atomic E-state index is 0.390. The molecule has 0 saturated heterocycles. The van der Waals surface area contributed by atoms with Gasteiger partial charge in [0.1, 0.15) is 10.9 Å². The van der Waals surface area contributed by atoms with E-state index in [1.807, 2.05) is 6.92 Å². The first kappa shape index (κ1) is 21.5. The molecular formula is C20H24ClN3O4. The third kappa shape index (κ3) is 6.13. The van der Waals surface area contributed by atoms with Crippen LogP contribution < -0.4 is 10.1 Å². The maximum Gasteiger partial charge on any atom is 0.331 e. The number of carbonyl (C=O) groups excluding carboxylic acids is 2. The molecule has 7 nitrogen and oxygen atoms in total. The number of carbonyl (C=O) groups is 2. The molecular weight excluding hydrogens is 382 g/mol. The molecule has 0 fully saturated rings. The van der Waals surface area contributed by atoms with Gasteiger partial charge >= 0.3 is 5.97 Å². The van der Waals surface area contributed by atoms with Gasteiger partial charge in [0.15, 0.2) is 6.61 Å². The lowest BCUT2D eigenvalue weighted by Gasteiger charge is -2.07. The highest BCUT2D eigenvalue weighted by Crippen LogP contribution is 2.22. The molecule has 1 heterocycles. The number of methoxy groups -OCH3 is 1. The number of aryl methyl sites for hydroxylation is 1. The Bertz CT molecular complexity index is 874. The molecule has 8 heteroatoms. The number of ether oxygens (including phenoxy) is 2. The predicted octanol–water partition coefficient (Wildman–Crippen LogP) is 3.70. The van der Waals surface area contributed by atoms with Crippen molar-refractivity contribution in [3.63, 3.8) is 0 Å². The van der Waals surface area contributed by atoms with Crippen molar-refractivity contribution in [2.45, 2.75) is 27.3 Å². The molecule has 0 unspecified atom stereocenters. The molecule has 1 amide bonds. The van der Waals surface area contributed by atoms with Crippen LogP contribution >= 0.6 is 11.6 Å². The lowest BCUT2D eigenvalue weighted by atomic mass is 10.2. The fourth-order valence-electron chi connectivity index (χ4n) is 2.46. The van der Waals surface area contributed by atoms with Crippen LogP contribution in [0.3, 0.4) is 0 Å². The molecule has 2 aromatic rings. The van der Waals surface area contributed by atoms with E-state index in [0.29, 0.717) is 40.3 Å². The van der Waals surface area contributed by atoms with Crippen molar-refractivity contribution in [2.75, 3.05) is 19.0 Å². The Kier molecular flexibility index (Phi) is 7.63. The highest BCUT2D eigenvalue weighted by atomic mass is 35.5. The second-order valence-corrected chi connectivity index (χ2v) is 6.95. The lowest BCUT2D eigenvalue weighted by Crippen LogP contribution is -2.20. The number of benzene rings is 1. The molecule has 1 aromatic carbocycles. The largest absolute Gasteiger partial charge is 0.497 e. The normalized spacial score (nSPS) is 11.1. The van der Waals surface area contributed by atoms with Crippen molar-refractivity contribution in [1.82, 2.24) is 9.78 Å². The van der Waals surface area contributed by atoms with Crippen molar-refractivity contribution in [3.8, 4) is 5.75 Å². The molecule has 0 atom stereocenters. The van der Waals surface area contributed by atoms with E-state index in [1.165, 1.54) is 13.2 Å². The number of nitrogens with one attached hydrogen (secondary N) is 1. The smallest absolute Gasteiger partial charge is 0.331 e. The fourth-order valence-corrected chi connectivity index (χ4v) is 2.76. The van der Waals surface area contributed by atoms with Crippen molar-refractivity contribution in [1.29, 1.82) is 0 Å². The lowest BCUT2D eigenvalue weighted by molar-refractivity contribution is -0.142. The quantitative estimate of drug-likeness (QED) is 0.534. The van der Waals surface area contributed by atoms with E-state index in [9.17, 15) is 9.59 Å². The number of amides is 1. The fraction of sp³-hybridized carbons (Fsp3) is 0.350. The molecule has 2 rings (SSSR count). The van der Waals surface area contributed by atoms with Crippen LogP contribution in [0.4, 0.5) is 5.69 Å². The molecule has 150 valence electrons. The first-order valence-corrected chi connectivity index (χ1v) is 9.19. The second-order valence-electron chi connectivity index (χ2n) is 6.59. The summed E-state index contributed by atoms with van der Waals surface area (Å²) in [6.07, 6.45) is 2.78. The SMILES string of the molecule is COc1cccc(NC(=O)COC(=O)/C=C/c2c(C)nn(CC(C)C)c2Cl)c1. The van der Waals surface area contributed by atoms with Gasteiger partial charge in [0.25, 0.3) is 5.91 Å². The summed E-state index contributed by atoms with van der Waals surface area (Å²) in [7, 11) is 1.54. The number of hydrogen-bond acceptors (Lipinski definition) is 5. The van der Waals surface area contributed by atoms with E-state index in [1.54, 1.807) is 35.0 Å². The number of anilines is 1. The average molecular weight is 406 g/mol. The maximum absolute atomic E-state index is 11.9. The van der Waals surface area contributed by atoms with Crippen LogP contribution in [-0.4, -0.2) is 35.4 Å². The minimum Gasteiger partial charge on any atom is -0.497 e. The van der Waals surface area contributed by atoms with Gasteiger partial charge in [-0.3, -0.25) is 9.48 Å². The average Bonchev–Trinajstić information content (AvgIpc) is 2.91. The molecule has 1 aromatic heterocycles. The Balaban J connectivity index is 1.90. The van der Waals surface area contributed by atoms with Gasteiger partial charge in [-0.2, -0.15) is 5.10 Å². The molecule has 0 bridgehead atoms.